The Balaban J connectivity index is 1.95. The van der Waals surface area contributed by atoms with Gasteiger partial charge in [0.2, 0.25) is 0 Å². The summed E-state index contributed by atoms with van der Waals surface area (Å²) in [6, 6.07) is 7.93. The molecule has 0 bridgehead atoms. The quantitative estimate of drug-likeness (QED) is 0.612. The van der Waals surface area contributed by atoms with Gasteiger partial charge in [-0.25, -0.2) is 9.78 Å². The first-order chi connectivity index (χ1) is 12.7. The fourth-order valence-electron chi connectivity index (χ4n) is 3.44. The number of aromatic nitrogens is 1. The van der Waals surface area contributed by atoms with Crippen molar-refractivity contribution in [1.29, 1.82) is 0 Å². The molecule has 1 aromatic carbocycles. The molecule has 0 spiro atoms. The van der Waals surface area contributed by atoms with Gasteiger partial charge in [0.05, 0.1) is 12.1 Å². The normalized spacial score (nSPS) is 15.0. The Labute approximate surface area is 155 Å². The molecule has 26 heavy (non-hydrogen) atoms. The van der Waals surface area contributed by atoms with Crippen LogP contribution in [0.15, 0.2) is 24.3 Å². The summed E-state index contributed by atoms with van der Waals surface area (Å²) < 4.78 is 5.33. The number of carbonyl (C=O) groups is 1. The van der Waals surface area contributed by atoms with Gasteiger partial charge in [0.15, 0.2) is 0 Å². The summed E-state index contributed by atoms with van der Waals surface area (Å²) in [6.07, 6.45) is 6.13. The third-order valence-corrected chi connectivity index (χ3v) is 4.86. The molecule has 136 valence electrons. The molecule has 3 rings (SSSR count). The van der Waals surface area contributed by atoms with E-state index in [2.05, 4.69) is 15.7 Å². The average molecular weight is 351 g/mol. The van der Waals surface area contributed by atoms with Gasteiger partial charge in [-0.05, 0) is 25.5 Å². The number of carbonyl (C=O) groups excluding carboxylic acids is 1. The number of fused-ring (bicyclic) bond motifs is 1. The lowest BCUT2D eigenvalue weighted by Gasteiger charge is -2.36. The van der Waals surface area contributed by atoms with Crippen LogP contribution in [-0.2, 0) is 4.74 Å². The average Bonchev–Trinajstić information content (AvgIpc) is 2.67. The number of nitrogens with zero attached hydrogens (tertiary/aromatic N) is 3. The molecule has 2 heterocycles. The highest BCUT2D eigenvalue weighted by Crippen LogP contribution is 2.29. The Kier molecular flexibility index (Phi) is 5.75. The van der Waals surface area contributed by atoms with E-state index in [9.17, 15) is 4.79 Å². The number of aryl methyl sites for hydroxylation is 1. The predicted octanol–water partition coefficient (Wildman–Crippen LogP) is 2.87. The zero-order valence-corrected chi connectivity index (χ0v) is 15.5. The molecule has 1 aliphatic heterocycles. The van der Waals surface area contributed by atoms with Gasteiger partial charge in [0, 0.05) is 44.5 Å². The van der Waals surface area contributed by atoms with Crippen LogP contribution in [0.5, 0.6) is 0 Å². The SMILES string of the molecule is C#CCCN1CCN(c2nc3ccccc3c(C)c2C(=O)OCC)CC1. The molecule has 1 saturated heterocycles. The number of rotatable bonds is 5. The van der Waals surface area contributed by atoms with Gasteiger partial charge in [-0.2, -0.15) is 0 Å². The molecule has 0 saturated carbocycles. The maximum Gasteiger partial charge on any atom is 0.342 e. The summed E-state index contributed by atoms with van der Waals surface area (Å²) in [5, 5.41) is 0.993. The fraction of sp³-hybridized carbons (Fsp3) is 0.429. The molecular weight excluding hydrogens is 326 g/mol. The van der Waals surface area contributed by atoms with E-state index in [0.717, 1.165) is 61.4 Å². The van der Waals surface area contributed by atoms with E-state index in [-0.39, 0.29) is 5.97 Å². The molecule has 2 aromatic rings. The first-order valence-electron chi connectivity index (χ1n) is 9.13. The number of hydrogen-bond acceptors (Lipinski definition) is 5. The summed E-state index contributed by atoms with van der Waals surface area (Å²) in [5.41, 5.74) is 2.42. The molecule has 0 radical (unpaired) electrons. The van der Waals surface area contributed by atoms with Crippen LogP contribution in [-0.4, -0.2) is 55.2 Å². The fourth-order valence-corrected chi connectivity index (χ4v) is 3.44. The van der Waals surface area contributed by atoms with Gasteiger partial charge in [-0.1, -0.05) is 18.2 Å². The van der Waals surface area contributed by atoms with Gasteiger partial charge in [-0.3, -0.25) is 4.90 Å². The third kappa shape index (κ3) is 3.66. The number of anilines is 1. The maximum absolute atomic E-state index is 12.7. The van der Waals surface area contributed by atoms with Gasteiger partial charge >= 0.3 is 5.97 Å². The van der Waals surface area contributed by atoms with E-state index in [1.165, 1.54) is 0 Å². The van der Waals surface area contributed by atoms with Crippen LogP contribution in [0.2, 0.25) is 0 Å². The monoisotopic (exact) mass is 351 g/mol. The van der Waals surface area contributed by atoms with E-state index in [1.54, 1.807) is 0 Å². The van der Waals surface area contributed by atoms with Gasteiger partial charge in [0.1, 0.15) is 11.4 Å². The van der Waals surface area contributed by atoms with Crippen LogP contribution in [0.25, 0.3) is 10.9 Å². The van der Waals surface area contributed by atoms with Crippen LogP contribution in [0.3, 0.4) is 0 Å². The summed E-state index contributed by atoms with van der Waals surface area (Å²) in [7, 11) is 0. The minimum atomic E-state index is -0.298. The summed E-state index contributed by atoms with van der Waals surface area (Å²) in [6.45, 7) is 8.54. The number of terminal acetylenes is 1. The van der Waals surface area contributed by atoms with Crippen LogP contribution < -0.4 is 4.90 Å². The first-order valence-corrected chi connectivity index (χ1v) is 9.13. The molecule has 0 amide bonds. The van der Waals surface area contributed by atoms with Crippen LogP contribution >= 0.6 is 0 Å². The van der Waals surface area contributed by atoms with Gasteiger partial charge in [0.25, 0.3) is 0 Å². The Hall–Kier alpha value is -2.58. The molecular formula is C21H25N3O2. The van der Waals surface area contributed by atoms with Crippen molar-refractivity contribution >= 4 is 22.7 Å². The number of ether oxygens (including phenoxy) is 1. The smallest absolute Gasteiger partial charge is 0.342 e. The van der Waals surface area contributed by atoms with Gasteiger partial charge in [-0.15, -0.1) is 12.3 Å². The molecule has 0 aliphatic carbocycles. The second-order valence-corrected chi connectivity index (χ2v) is 6.46. The molecule has 5 nitrogen and oxygen atoms in total. The van der Waals surface area contributed by atoms with E-state index in [1.807, 2.05) is 38.1 Å². The lowest BCUT2D eigenvalue weighted by Crippen LogP contribution is -2.47. The Morgan fingerprint density at radius 2 is 2.00 bits per heavy atom. The highest BCUT2D eigenvalue weighted by Gasteiger charge is 2.26. The van der Waals surface area contributed by atoms with Crippen molar-refractivity contribution in [2.45, 2.75) is 20.3 Å². The number of piperazine rings is 1. The predicted molar refractivity (Wildman–Crippen MR) is 105 cm³/mol. The molecule has 0 unspecified atom stereocenters. The zero-order valence-electron chi connectivity index (χ0n) is 15.5. The van der Waals surface area contributed by atoms with Crippen molar-refractivity contribution in [3.63, 3.8) is 0 Å². The Morgan fingerprint density at radius 3 is 2.69 bits per heavy atom. The lowest BCUT2D eigenvalue weighted by atomic mass is 10.0. The van der Waals surface area contributed by atoms with Crippen molar-refractivity contribution in [3.05, 3.63) is 35.4 Å². The second-order valence-electron chi connectivity index (χ2n) is 6.46. The lowest BCUT2D eigenvalue weighted by molar-refractivity contribution is 0.0526. The van der Waals surface area contributed by atoms with Crippen LogP contribution in [0.4, 0.5) is 5.82 Å². The summed E-state index contributed by atoms with van der Waals surface area (Å²) >= 11 is 0. The van der Waals surface area contributed by atoms with E-state index in [4.69, 9.17) is 16.1 Å². The minimum absolute atomic E-state index is 0.298. The van der Waals surface area contributed by atoms with Crippen molar-refractivity contribution in [2.24, 2.45) is 0 Å². The third-order valence-electron chi connectivity index (χ3n) is 4.86. The second kappa shape index (κ2) is 8.20. The maximum atomic E-state index is 12.7. The Bertz CT molecular complexity index is 833. The molecule has 1 aliphatic rings. The van der Waals surface area contributed by atoms with E-state index < -0.39 is 0 Å². The zero-order chi connectivity index (χ0) is 18.5. The molecule has 0 atom stereocenters. The van der Waals surface area contributed by atoms with Crippen LogP contribution in [0.1, 0.15) is 29.3 Å². The number of pyridine rings is 1. The molecule has 5 heteroatoms. The first kappa shape index (κ1) is 18.2. The highest BCUT2D eigenvalue weighted by atomic mass is 16.5. The van der Waals surface area contributed by atoms with Crippen molar-refractivity contribution < 1.29 is 9.53 Å². The van der Waals surface area contributed by atoms with Gasteiger partial charge < -0.3 is 9.64 Å². The van der Waals surface area contributed by atoms with Crippen molar-refractivity contribution in [1.82, 2.24) is 9.88 Å². The van der Waals surface area contributed by atoms with Crippen molar-refractivity contribution in [3.8, 4) is 12.3 Å². The van der Waals surface area contributed by atoms with E-state index in [0.29, 0.717) is 12.2 Å². The summed E-state index contributed by atoms with van der Waals surface area (Å²) in [4.78, 5) is 22.0. The Morgan fingerprint density at radius 1 is 1.27 bits per heavy atom. The highest BCUT2D eigenvalue weighted by molar-refractivity contribution is 6.02. The number of hydrogen-bond donors (Lipinski definition) is 0. The number of benzene rings is 1. The van der Waals surface area contributed by atoms with E-state index >= 15 is 0 Å². The summed E-state index contributed by atoms with van der Waals surface area (Å²) in [5.74, 6) is 3.13. The molecule has 0 N–H and O–H groups in total. The standard InChI is InChI=1S/C21H25N3O2/c1-4-6-11-23-12-14-24(15-13-23)20-19(21(25)26-5-2)16(3)17-9-7-8-10-18(17)22-20/h1,7-10H,5-6,11-15H2,2-3H3. The largest absolute Gasteiger partial charge is 0.462 e. The number of esters is 1. The topological polar surface area (TPSA) is 45.7 Å². The van der Waals surface area contributed by atoms with Crippen LogP contribution in [0, 0.1) is 19.3 Å². The molecule has 1 aromatic heterocycles. The molecule has 1 fully saturated rings. The minimum Gasteiger partial charge on any atom is -0.462 e. The number of para-hydroxylation sites is 1. The van der Waals surface area contributed by atoms with Crippen molar-refractivity contribution in [2.75, 3.05) is 44.2 Å².